The fourth-order valence-electron chi connectivity index (χ4n) is 3.70. The van der Waals surface area contributed by atoms with Crippen molar-refractivity contribution >= 4 is 23.1 Å². The molecule has 0 radical (unpaired) electrons. The van der Waals surface area contributed by atoms with Crippen molar-refractivity contribution in [2.75, 3.05) is 5.32 Å². The highest BCUT2D eigenvalue weighted by Gasteiger charge is 2.40. The number of thiazole rings is 1. The van der Waals surface area contributed by atoms with Crippen LogP contribution in [0.4, 0.5) is 5.82 Å². The molecule has 2 aromatic rings. The van der Waals surface area contributed by atoms with Gasteiger partial charge in [-0.1, -0.05) is 52.1 Å². The molecule has 2 aliphatic rings. The number of ether oxygens (including phenoxy) is 1. The molecule has 0 saturated carbocycles. The first-order valence-electron chi connectivity index (χ1n) is 9.25. The van der Waals surface area contributed by atoms with Gasteiger partial charge in [-0.15, -0.1) is 5.11 Å². The average molecular weight is 432 g/mol. The van der Waals surface area contributed by atoms with E-state index in [0.717, 1.165) is 21.9 Å². The van der Waals surface area contributed by atoms with E-state index < -0.39 is 30.6 Å². The third-order valence-electron chi connectivity index (χ3n) is 5.15. The summed E-state index contributed by atoms with van der Waals surface area (Å²) < 4.78 is 7.39. The van der Waals surface area contributed by atoms with Crippen LogP contribution in [-0.4, -0.2) is 33.9 Å². The molecule has 1 amide bonds. The number of nitrogens with one attached hydrogen (secondary N) is 1. The number of rotatable bonds is 6. The summed E-state index contributed by atoms with van der Waals surface area (Å²) in [6.45, 7) is 0. The van der Waals surface area contributed by atoms with Gasteiger partial charge in [-0.3, -0.25) is 14.2 Å². The Morgan fingerprint density at radius 2 is 2.03 bits per heavy atom. The first-order valence-corrected chi connectivity index (χ1v) is 10.1. The Hall–Kier alpha value is -3.16. The quantitative estimate of drug-likeness (QED) is 0.203. The van der Waals surface area contributed by atoms with Crippen molar-refractivity contribution in [2.24, 2.45) is 27.2 Å². The molecule has 30 heavy (non-hydrogen) atoms. The number of aromatic nitrogens is 1. The summed E-state index contributed by atoms with van der Waals surface area (Å²) in [6.07, 6.45) is -0.665. The number of carbonyl (C=O) groups excluding carboxylic acids is 1. The molecule has 0 bridgehead atoms. The molecule has 2 aliphatic heterocycles. The van der Waals surface area contributed by atoms with Crippen LogP contribution < -0.4 is 21.9 Å². The van der Waals surface area contributed by atoms with Gasteiger partial charge in [0.15, 0.2) is 0 Å². The third-order valence-corrected chi connectivity index (χ3v) is 6.09. The van der Waals surface area contributed by atoms with Crippen LogP contribution in [0.15, 0.2) is 50.6 Å². The van der Waals surface area contributed by atoms with E-state index in [1.54, 1.807) is 0 Å². The Labute approximate surface area is 174 Å². The van der Waals surface area contributed by atoms with Gasteiger partial charge in [0, 0.05) is 6.42 Å². The zero-order chi connectivity index (χ0) is 21.3. The molecule has 1 fully saturated rings. The smallest absolute Gasteiger partial charge is 0.311 e. The fourth-order valence-corrected chi connectivity index (χ4v) is 4.63. The minimum Gasteiger partial charge on any atom is -0.352 e. The summed E-state index contributed by atoms with van der Waals surface area (Å²) in [6, 6.07) is 8.94. The summed E-state index contributed by atoms with van der Waals surface area (Å²) >= 11 is 0.759. The van der Waals surface area contributed by atoms with Crippen LogP contribution in [-0.2, 0) is 11.2 Å². The summed E-state index contributed by atoms with van der Waals surface area (Å²) in [7, 11) is 0. The number of hydrogen-bond acceptors (Lipinski definition) is 10. The summed E-state index contributed by atoms with van der Waals surface area (Å²) in [5.74, 6) is 10.5. The maximum absolute atomic E-state index is 12.6. The van der Waals surface area contributed by atoms with Gasteiger partial charge < -0.3 is 15.9 Å². The maximum atomic E-state index is 12.6. The van der Waals surface area contributed by atoms with Crippen LogP contribution in [0, 0.1) is 4.91 Å². The van der Waals surface area contributed by atoms with Crippen LogP contribution in [0.25, 0.3) is 0 Å². The van der Waals surface area contributed by atoms with Crippen LogP contribution in [0.1, 0.15) is 34.3 Å². The number of hydrogen-bond donors (Lipinski definition) is 3. The van der Waals surface area contributed by atoms with E-state index in [1.807, 2.05) is 30.3 Å². The molecule has 158 valence electrons. The molecule has 12 nitrogen and oxygen atoms in total. The zero-order valence-corrected chi connectivity index (χ0v) is 16.6. The molecule has 4 rings (SSSR count). The van der Waals surface area contributed by atoms with Gasteiger partial charge in [-0.25, -0.2) is 10.9 Å². The van der Waals surface area contributed by atoms with Crippen molar-refractivity contribution in [1.29, 1.82) is 0 Å². The lowest BCUT2D eigenvalue weighted by Crippen LogP contribution is -2.52. The second kappa shape index (κ2) is 8.30. The third kappa shape index (κ3) is 3.58. The SMILES string of the molecule is NN=NC1Nc2c(sc(=O)n2[C@H]2CC[C@@H](C(Cc3ccccc3)N=O)O2)C(=O)N1N. The number of nitroso groups, excluding NO2 is 1. The number of carbonyl (C=O) groups is 1. The number of hydrazine groups is 1. The number of anilines is 1. The second-order valence-electron chi connectivity index (χ2n) is 6.95. The lowest BCUT2D eigenvalue weighted by Gasteiger charge is -2.30. The molecular weight excluding hydrogens is 412 g/mol. The fraction of sp³-hybridized carbons (Fsp3) is 0.412. The molecule has 1 aromatic carbocycles. The summed E-state index contributed by atoms with van der Waals surface area (Å²) in [5, 5.41) is 13.8. The van der Waals surface area contributed by atoms with Crippen molar-refractivity contribution in [1.82, 2.24) is 9.58 Å². The van der Waals surface area contributed by atoms with Gasteiger partial charge in [0.25, 0.3) is 5.91 Å². The molecule has 0 spiro atoms. The first kappa shape index (κ1) is 20.1. The first-order chi connectivity index (χ1) is 14.5. The Balaban J connectivity index is 1.56. The number of nitrogens with two attached hydrogens (primary N) is 2. The van der Waals surface area contributed by atoms with E-state index >= 15 is 0 Å². The highest BCUT2D eigenvalue weighted by atomic mass is 32.1. The van der Waals surface area contributed by atoms with Crippen LogP contribution in [0.5, 0.6) is 0 Å². The monoisotopic (exact) mass is 432 g/mol. The topological polar surface area (TPSA) is 170 Å². The van der Waals surface area contributed by atoms with E-state index in [9.17, 15) is 14.5 Å². The molecule has 4 atom stereocenters. The Morgan fingerprint density at radius 3 is 2.73 bits per heavy atom. The number of fused-ring (bicyclic) bond motifs is 1. The Bertz CT molecular complexity index is 1020. The van der Waals surface area contributed by atoms with E-state index in [0.29, 0.717) is 19.3 Å². The van der Waals surface area contributed by atoms with E-state index in [1.165, 1.54) is 4.57 Å². The Kier molecular flexibility index (Phi) is 5.57. The lowest BCUT2D eigenvalue weighted by atomic mass is 10.0. The molecular formula is C17H20N8O4S. The average Bonchev–Trinajstić information content (AvgIpc) is 3.35. The van der Waals surface area contributed by atoms with Crippen molar-refractivity contribution in [3.8, 4) is 0 Å². The normalized spacial score (nSPS) is 24.6. The number of benzene rings is 1. The lowest BCUT2D eigenvalue weighted by molar-refractivity contribution is -0.00919. The second-order valence-corrected chi connectivity index (χ2v) is 7.91. The van der Waals surface area contributed by atoms with E-state index in [2.05, 4.69) is 20.8 Å². The predicted molar refractivity (Wildman–Crippen MR) is 108 cm³/mol. The zero-order valence-electron chi connectivity index (χ0n) is 15.7. The van der Waals surface area contributed by atoms with Crippen LogP contribution in [0.3, 0.4) is 0 Å². The Morgan fingerprint density at radius 1 is 1.27 bits per heavy atom. The van der Waals surface area contributed by atoms with Gasteiger partial charge in [0.1, 0.15) is 23.0 Å². The standard InChI is InChI=1S/C17H20N8O4S/c18-23-21-16-20-14-13(15(26)25(16)19)30-17(27)24(14)12-7-6-11(29-12)10(22-28)8-9-4-2-1-3-5-9/h1-5,10-12,16,20H,6-8,19H2,(H2,18,21)/t10?,11-,12+,16?/m0/s1. The summed E-state index contributed by atoms with van der Waals surface area (Å²) in [4.78, 5) is 36.4. The van der Waals surface area contributed by atoms with Gasteiger partial charge in [-0.05, 0) is 18.4 Å². The van der Waals surface area contributed by atoms with Crippen molar-refractivity contribution < 1.29 is 9.53 Å². The molecule has 5 N–H and O–H groups in total. The molecule has 1 saturated heterocycles. The van der Waals surface area contributed by atoms with E-state index in [-0.39, 0.29) is 15.6 Å². The maximum Gasteiger partial charge on any atom is 0.311 e. The molecule has 13 heteroatoms. The van der Waals surface area contributed by atoms with Gasteiger partial charge >= 0.3 is 4.87 Å². The van der Waals surface area contributed by atoms with E-state index in [4.69, 9.17) is 16.4 Å². The van der Waals surface area contributed by atoms with Gasteiger partial charge in [0.05, 0.1) is 6.10 Å². The van der Waals surface area contributed by atoms with Gasteiger partial charge in [0.2, 0.25) is 6.29 Å². The highest BCUT2D eigenvalue weighted by Crippen LogP contribution is 2.36. The van der Waals surface area contributed by atoms with Gasteiger partial charge in [-0.2, -0.15) is 4.91 Å². The number of nitrogens with zero attached hydrogens (tertiary/aromatic N) is 5. The largest absolute Gasteiger partial charge is 0.352 e. The molecule has 1 aromatic heterocycles. The summed E-state index contributed by atoms with van der Waals surface area (Å²) in [5.41, 5.74) is 0.976. The van der Waals surface area contributed by atoms with Crippen LogP contribution in [0.2, 0.25) is 0 Å². The molecule has 3 heterocycles. The molecule has 0 aliphatic carbocycles. The van der Waals surface area contributed by atoms with Crippen molar-refractivity contribution in [3.63, 3.8) is 0 Å². The minimum absolute atomic E-state index is 0.146. The number of amides is 1. The highest BCUT2D eigenvalue weighted by molar-refractivity contribution is 7.12. The molecule has 2 unspecified atom stereocenters. The van der Waals surface area contributed by atoms with Crippen molar-refractivity contribution in [3.05, 3.63) is 55.3 Å². The van der Waals surface area contributed by atoms with Crippen molar-refractivity contribution in [2.45, 2.75) is 43.9 Å². The minimum atomic E-state index is -1.05. The van der Waals surface area contributed by atoms with Crippen LogP contribution >= 0.6 is 11.3 Å². The predicted octanol–water partition coefficient (Wildman–Crippen LogP) is 1.32.